The van der Waals surface area contributed by atoms with Gasteiger partial charge in [0.15, 0.2) is 0 Å². The van der Waals surface area contributed by atoms with Crippen molar-refractivity contribution < 1.29 is 15.1 Å². The molecule has 12 bridgehead atoms. The first-order chi connectivity index (χ1) is 45.1. The third-order valence-corrected chi connectivity index (χ3v) is 24.0. The van der Waals surface area contributed by atoms with Crippen molar-refractivity contribution in [1.82, 2.24) is 0 Å². The van der Waals surface area contributed by atoms with Crippen molar-refractivity contribution >= 4 is 0 Å². The van der Waals surface area contributed by atoms with Crippen molar-refractivity contribution in [3.8, 4) is 0 Å². The van der Waals surface area contributed by atoms with Crippen LogP contribution < -0.4 is 0 Å². The van der Waals surface area contributed by atoms with Crippen molar-refractivity contribution in [3.05, 3.63) is 0 Å². The van der Waals surface area contributed by atoms with Gasteiger partial charge in [-0.05, 0) is 244 Å². The number of hydrogen-bond donors (Lipinski definition) is 0. The Morgan fingerprint density at radius 3 is 0.909 bits per heavy atom. The van der Waals surface area contributed by atoms with E-state index < -0.39 is 25.5 Å². The zero-order valence-electron chi connectivity index (χ0n) is 75.4. The van der Waals surface area contributed by atoms with Gasteiger partial charge in [0.25, 0.3) is 0 Å². The maximum absolute atomic E-state index is 7.63. The van der Waals surface area contributed by atoms with Crippen LogP contribution in [0.15, 0.2) is 0 Å². The van der Waals surface area contributed by atoms with Crippen LogP contribution in [-0.2, 0) is 0 Å². The largest absolute Gasteiger partial charge is 0.0651 e. The van der Waals surface area contributed by atoms with E-state index in [9.17, 15) is 0 Å². The van der Waals surface area contributed by atoms with Gasteiger partial charge in [-0.3, -0.25) is 0 Å². The second-order valence-electron chi connectivity index (χ2n) is 37.0. The topological polar surface area (TPSA) is 0 Å². The molecule has 0 heterocycles. The molecule has 524 valence electrons. The van der Waals surface area contributed by atoms with Crippen molar-refractivity contribution in [2.75, 3.05) is 0 Å². The lowest BCUT2D eigenvalue weighted by Gasteiger charge is -2.56. The SMILES string of the molecule is CC(C)(C)C.CC12CC3CC(CC(C3)C1)C2.CCC12CC3CC(CC(C3)C1)C2.CCC1CC2CCC1C2.C[C@H]1CC2CCC1C2.[2H]C(C)(C)C.[2H]C([2H])(C)C(C)(C)C.[2H]C([2H])(C)C(C)C.[2H]C([2H])(C)C1CCCC1.[2H]C([2H])(C)C1CCCCC1.[2H]C1(C)CCCC1.[2H]C1(C)CCCCC1. The molecule has 0 aromatic heterocycles. The first kappa shape index (κ1) is 65.3. The van der Waals surface area contributed by atoms with Crippen LogP contribution in [0.1, 0.15) is 450 Å². The van der Waals surface area contributed by atoms with Gasteiger partial charge in [0.1, 0.15) is 0 Å². The highest BCUT2D eigenvalue weighted by molar-refractivity contribution is 5.01. The molecule has 0 N–H and O–H groups in total. The molecule has 16 aliphatic carbocycles. The Morgan fingerprint density at radius 2 is 0.727 bits per heavy atom. The van der Waals surface area contributed by atoms with Gasteiger partial charge in [0.2, 0.25) is 0 Å². The van der Waals surface area contributed by atoms with E-state index in [0.29, 0.717) is 17.3 Å². The number of fused-ring (bicyclic) bond motifs is 4. The second kappa shape index (κ2) is 43.2. The summed E-state index contributed by atoms with van der Waals surface area (Å²) in [6, 6.07) is 0. The van der Waals surface area contributed by atoms with Gasteiger partial charge in [0, 0.05) is 15.1 Å². The summed E-state index contributed by atoms with van der Waals surface area (Å²) < 4.78 is 80.4. The molecule has 0 amide bonds. The molecule has 0 spiro atoms. The molecular formula is C88H172. The molecule has 0 aromatic carbocycles. The summed E-state index contributed by atoms with van der Waals surface area (Å²) in [6.45, 7) is 44.2. The van der Waals surface area contributed by atoms with Crippen LogP contribution in [-0.4, -0.2) is 0 Å². The fourth-order valence-electron chi connectivity index (χ4n) is 19.4. The molecule has 0 heteroatoms. The van der Waals surface area contributed by atoms with E-state index in [4.69, 9.17) is 15.1 Å². The average Bonchev–Trinajstić information content (AvgIpc) is 0.843. The molecule has 0 aromatic rings. The predicted molar refractivity (Wildman–Crippen MR) is 401 cm³/mol. The van der Waals surface area contributed by atoms with E-state index in [1.54, 1.807) is 156 Å². The van der Waals surface area contributed by atoms with E-state index >= 15 is 0 Å². The maximum Gasteiger partial charge on any atom is 0.0300 e. The fraction of sp³-hybridized carbons (Fsp3) is 1.00. The van der Waals surface area contributed by atoms with Crippen molar-refractivity contribution in [2.45, 2.75) is 435 Å². The second-order valence-corrected chi connectivity index (χ2v) is 37.0. The fourth-order valence-corrected chi connectivity index (χ4v) is 19.4. The van der Waals surface area contributed by atoms with Crippen molar-refractivity contribution in [3.63, 3.8) is 0 Å². The summed E-state index contributed by atoms with van der Waals surface area (Å²) in [4.78, 5) is 0. The highest BCUT2D eigenvalue weighted by Crippen LogP contribution is 2.62. The number of rotatable bonds is 5. The zero-order chi connectivity index (χ0) is 75.4. The molecule has 16 aliphatic rings. The van der Waals surface area contributed by atoms with Crippen molar-refractivity contribution in [2.24, 2.45) is 128 Å². The summed E-state index contributed by atoms with van der Waals surface area (Å²) in [5.41, 5.74) is 1.91. The highest BCUT2D eigenvalue weighted by atomic mass is 14.6. The minimum atomic E-state index is -1.06. The smallest absolute Gasteiger partial charge is 0.0300 e. The average molecular weight is 1240 g/mol. The Bertz CT molecular complexity index is 2010. The Balaban J connectivity index is 0.000000283. The van der Waals surface area contributed by atoms with Crippen LogP contribution in [0, 0.1) is 128 Å². The van der Waals surface area contributed by atoms with Gasteiger partial charge in [0.05, 0.1) is 0 Å². The predicted octanol–water partition coefficient (Wildman–Crippen LogP) is 30.7. The van der Waals surface area contributed by atoms with Gasteiger partial charge in [-0.2, -0.15) is 0 Å². The van der Waals surface area contributed by atoms with Crippen molar-refractivity contribution in [1.29, 1.82) is 0 Å². The zero-order valence-corrected chi connectivity index (χ0v) is 64.4. The maximum atomic E-state index is 7.63. The highest BCUT2D eigenvalue weighted by Gasteiger charge is 2.50. The van der Waals surface area contributed by atoms with Gasteiger partial charge >= 0.3 is 0 Å². The van der Waals surface area contributed by atoms with E-state index in [1.165, 1.54) is 77.0 Å². The minimum absolute atomic E-state index is 0.0556. The Hall–Kier alpha value is 0. The lowest BCUT2D eigenvalue weighted by molar-refractivity contribution is -0.0545. The standard InChI is InChI=1S/C12H20.C11H18.C9H16.C8H14.C8H16.2C7H14.C6H12.C6H14.2C5H12.C4H10/c1-2-12-6-9-3-10(7-12)5-11(4-9)8-12;1-11-5-8-2-9(6-11)4-10(3-8)7-11;1-2-8-5-7-3-4-9(8)6-7;1-6-4-7-2-3-8(6)5-7;1-2-8-6-4-3-5-7-8;1-7-5-3-2-4-6-7;1-2-7-5-3-4-6-7;1-6-4-2-3-5-6;1-5-6(2,3)4;1-5(2,3)4;1-4-5(2)3;1-4(2)3/h9-11H,2-8H2,1H3;8-10H,2-7H2,1H3;7-9H,2-6H2,1H3;6-8H,2-5H2,1H3;8H,2-7H2,1H3;2*7H,2-6H2,1H3;6H,2-5H2,1H3;5H2,1-4H3;1-4H3;5H,4H2,1-3H3;4H,1-3H3/t;;;6-,7?,8?;;;;;;;;/m...0......../s1/i;;;;2D2;7D;2D2;6D;5D2;;4D2;4D. The molecular weight excluding hydrogens is 1060 g/mol. The first-order valence-electron chi connectivity index (χ1n) is 45.1. The Labute approximate surface area is 575 Å². The summed E-state index contributed by atoms with van der Waals surface area (Å²) in [5.74, 6) is 14.1. The van der Waals surface area contributed by atoms with Crippen LogP contribution in [0.5, 0.6) is 0 Å². The lowest BCUT2D eigenvalue weighted by atomic mass is 9.49. The van der Waals surface area contributed by atoms with Crippen LogP contribution in [0.25, 0.3) is 0 Å². The molecule has 0 radical (unpaired) electrons. The molecule has 16 fully saturated rings. The van der Waals surface area contributed by atoms with Crippen LogP contribution in [0.3, 0.4) is 0 Å². The molecule has 88 heavy (non-hydrogen) atoms. The Kier molecular flexibility index (Phi) is 32.1. The normalized spacial score (nSPS) is 38.5. The molecule has 0 nitrogen and oxygen atoms in total. The van der Waals surface area contributed by atoms with Crippen LogP contribution in [0.2, 0.25) is 0 Å². The van der Waals surface area contributed by atoms with Gasteiger partial charge < -0.3 is 0 Å². The van der Waals surface area contributed by atoms with Gasteiger partial charge in [-0.1, -0.05) is 319 Å². The van der Waals surface area contributed by atoms with Crippen LogP contribution >= 0.6 is 0 Å². The molecule has 0 saturated heterocycles. The molecule has 16 rings (SSSR count). The van der Waals surface area contributed by atoms with Crippen LogP contribution in [0.4, 0.5) is 0 Å². The minimum Gasteiger partial charge on any atom is -0.0651 e. The van der Waals surface area contributed by atoms with E-state index in [-0.39, 0.29) is 29.0 Å². The van der Waals surface area contributed by atoms with E-state index in [2.05, 4.69) is 55.4 Å². The summed E-state index contributed by atoms with van der Waals surface area (Å²) in [6.07, 6.45) is 52.1. The molecule has 6 atom stereocenters. The lowest BCUT2D eigenvalue weighted by Crippen LogP contribution is -2.45. The van der Waals surface area contributed by atoms with E-state index in [1.807, 2.05) is 69.2 Å². The van der Waals surface area contributed by atoms with E-state index in [0.717, 1.165) is 133 Å². The molecule has 0 aliphatic heterocycles. The quantitative estimate of drug-likeness (QED) is 0.257. The third-order valence-electron chi connectivity index (χ3n) is 24.0. The summed E-state index contributed by atoms with van der Waals surface area (Å²) >= 11 is 0. The first-order valence-corrected chi connectivity index (χ1v) is 39.6. The molecule has 5 unspecified atom stereocenters. The number of hydrogen-bond acceptors (Lipinski definition) is 0. The molecule has 16 saturated carbocycles. The Morgan fingerprint density at radius 1 is 0.420 bits per heavy atom. The van der Waals surface area contributed by atoms with Gasteiger partial charge in [-0.15, -0.1) is 0 Å². The summed E-state index contributed by atoms with van der Waals surface area (Å²) in [7, 11) is 0. The van der Waals surface area contributed by atoms with Gasteiger partial charge in [-0.25, -0.2) is 0 Å². The summed E-state index contributed by atoms with van der Waals surface area (Å²) in [5, 5.41) is 0. The third kappa shape index (κ3) is 35.7. The monoisotopic (exact) mass is 1240 g/mol.